The highest BCUT2D eigenvalue weighted by atomic mass is 79.9. The van der Waals surface area contributed by atoms with E-state index in [2.05, 4.69) is 20.9 Å². The number of hydrogen-bond acceptors (Lipinski definition) is 3. The Labute approximate surface area is 78.7 Å². The van der Waals surface area contributed by atoms with E-state index in [9.17, 15) is 10.1 Å². The molecule has 0 fully saturated rings. The van der Waals surface area contributed by atoms with Gasteiger partial charge in [-0.3, -0.25) is 10.1 Å². The summed E-state index contributed by atoms with van der Waals surface area (Å²) < 4.78 is 0.551. The average molecular weight is 227 g/mol. The van der Waals surface area contributed by atoms with Crippen LogP contribution in [0.4, 0.5) is 5.69 Å². The maximum atomic E-state index is 10.3. The van der Waals surface area contributed by atoms with E-state index in [1.54, 1.807) is 0 Å². The van der Waals surface area contributed by atoms with E-state index in [1.165, 1.54) is 12.3 Å². The fourth-order valence-corrected chi connectivity index (χ4v) is 1.10. The van der Waals surface area contributed by atoms with E-state index >= 15 is 0 Å². The van der Waals surface area contributed by atoms with Gasteiger partial charge in [-0.1, -0.05) is 6.32 Å². The zero-order valence-corrected chi connectivity index (χ0v) is 7.61. The van der Waals surface area contributed by atoms with Gasteiger partial charge in [0.1, 0.15) is 10.8 Å². The highest BCUT2D eigenvalue weighted by molar-refractivity contribution is 9.10. The summed E-state index contributed by atoms with van der Waals surface area (Å²) in [4.78, 5) is 13.6. The molecule has 0 spiro atoms. The average Bonchev–Trinajstić information content (AvgIpc) is 2.05. The smallest absolute Gasteiger partial charge is 0.258 e. The van der Waals surface area contributed by atoms with E-state index < -0.39 is 4.92 Å². The number of rotatable bonds is 2. The Morgan fingerprint density at radius 2 is 2.42 bits per heavy atom. The SMILES string of the molecule is [B]Cc1cc([N+](=O)[O-])cnc1Br. The van der Waals surface area contributed by atoms with E-state index in [4.69, 9.17) is 7.85 Å². The van der Waals surface area contributed by atoms with Gasteiger partial charge in [0.05, 0.1) is 12.8 Å². The molecule has 0 aliphatic rings. The predicted octanol–water partition coefficient (Wildman–Crippen LogP) is 1.42. The lowest BCUT2D eigenvalue weighted by Gasteiger charge is -1.98. The van der Waals surface area contributed by atoms with Crippen LogP contribution in [-0.4, -0.2) is 17.8 Å². The Hall–Kier alpha value is -0.905. The molecule has 0 saturated heterocycles. The van der Waals surface area contributed by atoms with Crippen LogP contribution in [0.25, 0.3) is 0 Å². The molecule has 6 heteroatoms. The highest BCUT2D eigenvalue weighted by Gasteiger charge is 2.08. The van der Waals surface area contributed by atoms with Crippen LogP contribution in [0.15, 0.2) is 16.9 Å². The Balaban J connectivity index is 3.13. The van der Waals surface area contributed by atoms with E-state index in [0.29, 0.717) is 10.2 Å². The fraction of sp³-hybridized carbons (Fsp3) is 0.167. The van der Waals surface area contributed by atoms with Gasteiger partial charge < -0.3 is 0 Å². The quantitative estimate of drug-likeness (QED) is 0.332. The second-order valence-electron chi connectivity index (χ2n) is 2.10. The topological polar surface area (TPSA) is 56.0 Å². The van der Waals surface area contributed by atoms with Gasteiger partial charge in [0.15, 0.2) is 0 Å². The lowest BCUT2D eigenvalue weighted by atomic mass is 9.98. The molecule has 0 bridgehead atoms. The zero-order chi connectivity index (χ0) is 9.14. The van der Waals surface area contributed by atoms with Crippen LogP contribution in [-0.2, 0) is 6.32 Å². The Morgan fingerprint density at radius 1 is 1.75 bits per heavy atom. The van der Waals surface area contributed by atoms with E-state index in [-0.39, 0.29) is 12.0 Å². The maximum absolute atomic E-state index is 10.3. The highest BCUT2D eigenvalue weighted by Crippen LogP contribution is 2.18. The molecule has 1 aromatic heterocycles. The molecule has 2 radical (unpaired) electrons. The van der Waals surface area contributed by atoms with Crippen molar-refractivity contribution >= 4 is 29.5 Å². The van der Waals surface area contributed by atoms with Crippen molar-refractivity contribution in [2.45, 2.75) is 6.32 Å². The molecule has 0 N–H and O–H groups in total. The number of nitro groups is 1. The molecule has 0 saturated carbocycles. The van der Waals surface area contributed by atoms with Crippen LogP contribution in [0, 0.1) is 10.1 Å². The van der Waals surface area contributed by atoms with Crippen LogP contribution in [0.3, 0.4) is 0 Å². The predicted molar refractivity (Wildman–Crippen MR) is 48.0 cm³/mol. The molecule has 1 rings (SSSR count). The van der Waals surface area contributed by atoms with Crippen LogP contribution in [0.2, 0.25) is 0 Å². The van der Waals surface area contributed by atoms with Gasteiger partial charge in [-0.05, 0) is 21.5 Å². The number of halogens is 1. The summed E-state index contributed by atoms with van der Waals surface area (Å²) in [6.45, 7) is 0. The lowest BCUT2D eigenvalue weighted by molar-refractivity contribution is -0.385. The van der Waals surface area contributed by atoms with E-state index in [1.807, 2.05) is 0 Å². The third-order valence-corrected chi connectivity index (χ3v) is 2.04. The zero-order valence-electron chi connectivity index (χ0n) is 6.03. The van der Waals surface area contributed by atoms with Gasteiger partial charge in [0.2, 0.25) is 0 Å². The van der Waals surface area contributed by atoms with Gasteiger partial charge in [0, 0.05) is 6.07 Å². The van der Waals surface area contributed by atoms with Crippen LogP contribution >= 0.6 is 15.9 Å². The Morgan fingerprint density at radius 3 is 2.92 bits per heavy atom. The molecule has 0 aliphatic heterocycles. The Kier molecular flexibility index (Phi) is 2.81. The summed E-state index contributed by atoms with van der Waals surface area (Å²) in [6.07, 6.45) is 1.42. The largest absolute Gasteiger partial charge is 0.287 e. The third-order valence-electron chi connectivity index (χ3n) is 1.33. The monoisotopic (exact) mass is 226 g/mol. The first-order valence-corrected chi connectivity index (χ1v) is 3.93. The molecule has 0 aromatic carbocycles. The van der Waals surface area contributed by atoms with Gasteiger partial charge in [-0.25, -0.2) is 4.98 Å². The minimum absolute atomic E-state index is 0.0429. The maximum Gasteiger partial charge on any atom is 0.287 e. The standard InChI is InChI=1S/C6H4BBrN2O2/c7-2-4-1-5(10(11)12)3-9-6(4)8/h1,3H,2H2. The summed E-state index contributed by atoms with van der Waals surface area (Å²) in [5, 5.41) is 10.3. The van der Waals surface area contributed by atoms with Gasteiger partial charge >= 0.3 is 0 Å². The summed E-state index contributed by atoms with van der Waals surface area (Å²) >= 11 is 3.13. The summed E-state index contributed by atoms with van der Waals surface area (Å²) in [5.74, 6) is 0. The molecule has 60 valence electrons. The molecule has 0 unspecified atom stereocenters. The lowest BCUT2D eigenvalue weighted by Crippen LogP contribution is -1.94. The van der Waals surface area contributed by atoms with Gasteiger partial charge in [0.25, 0.3) is 5.69 Å². The molecule has 1 aromatic rings. The van der Waals surface area contributed by atoms with Crippen molar-refractivity contribution in [3.05, 3.63) is 32.5 Å². The van der Waals surface area contributed by atoms with Crippen LogP contribution < -0.4 is 0 Å². The second kappa shape index (κ2) is 3.66. The van der Waals surface area contributed by atoms with E-state index in [0.717, 1.165) is 0 Å². The van der Waals surface area contributed by atoms with Crippen LogP contribution in [0.1, 0.15) is 5.56 Å². The van der Waals surface area contributed by atoms with Crippen molar-refractivity contribution in [2.24, 2.45) is 0 Å². The minimum Gasteiger partial charge on any atom is -0.258 e. The normalized spacial score (nSPS) is 9.75. The van der Waals surface area contributed by atoms with Crippen molar-refractivity contribution in [1.82, 2.24) is 4.98 Å². The van der Waals surface area contributed by atoms with Crippen molar-refractivity contribution < 1.29 is 4.92 Å². The van der Waals surface area contributed by atoms with Gasteiger partial charge in [-0.2, -0.15) is 0 Å². The molecule has 1 heterocycles. The van der Waals surface area contributed by atoms with Crippen molar-refractivity contribution in [1.29, 1.82) is 0 Å². The number of aromatic nitrogens is 1. The molecule has 0 amide bonds. The van der Waals surface area contributed by atoms with Crippen molar-refractivity contribution in [2.75, 3.05) is 0 Å². The molecule has 0 atom stereocenters. The number of hydrogen-bond donors (Lipinski definition) is 0. The molecule has 4 nitrogen and oxygen atoms in total. The minimum atomic E-state index is -0.501. The first-order chi connectivity index (χ1) is 5.65. The third kappa shape index (κ3) is 1.82. The molecular weight excluding hydrogens is 223 g/mol. The molecular formula is C6H4BBrN2O2. The number of pyridine rings is 1. The van der Waals surface area contributed by atoms with Gasteiger partial charge in [-0.15, -0.1) is 0 Å². The molecule has 12 heavy (non-hydrogen) atoms. The molecule has 0 aliphatic carbocycles. The first-order valence-electron chi connectivity index (χ1n) is 3.14. The van der Waals surface area contributed by atoms with Crippen molar-refractivity contribution in [3.8, 4) is 0 Å². The second-order valence-corrected chi connectivity index (χ2v) is 2.86. The summed E-state index contributed by atoms with van der Waals surface area (Å²) in [5.41, 5.74) is 0.586. The summed E-state index contributed by atoms with van der Waals surface area (Å²) in [7, 11) is 5.33. The first kappa shape index (κ1) is 9.19. The fourth-order valence-electron chi connectivity index (χ4n) is 0.724. The van der Waals surface area contributed by atoms with Crippen molar-refractivity contribution in [3.63, 3.8) is 0 Å². The summed E-state index contributed by atoms with van der Waals surface area (Å²) in [6, 6.07) is 1.40. The number of nitrogens with zero attached hydrogens (tertiary/aromatic N) is 2. The van der Waals surface area contributed by atoms with Crippen LogP contribution in [0.5, 0.6) is 0 Å². The Bertz CT molecular complexity index is 318.